The van der Waals surface area contributed by atoms with Crippen LogP contribution in [0.2, 0.25) is 5.02 Å². The molecular formula is C11H9BrClN2+. The molecule has 15 heavy (non-hydrogen) atoms. The number of rotatable bonds is 0. The molecule has 4 heteroatoms. The van der Waals surface area contributed by atoms with Gasteiger partial charge in [0.1, 0.15) is 10.7 Å². The lowest BCUT2D eigenvalue weighted by atomic mass is 10.2. The number of hydrogen-bond acceptors (Lipinski definition) is 1. The zero-order chi connectivity index (χ0) is 11.0. The maximum Gasteiger partial charge on any atom is 0.256 e. The van der Waals surface area contributed by atoms with E-state index >= 15 is 0 Å². The lowest BCUT2D eigenvalue weighted by Gasteiger charge is -1.95. The summed E-state index contributed by atoms with van der Waals surface area (Å²) in [5.41, 5.74) is 0.972. The Bertz CT molecular complexity index is 567. The van der Waals surface area contributed by atoms with Crippen LogP contribution in [0.3, 0.4) is 0 Å². The van der Waals surface area contributed by atoms with Crippen molar-refractivity contribution >= 4 is 39.8 Å². The van der Waals surface area contributed by atoms with Crippen molar-refractivity contribution in [1.29, 1.82) is 0 Å². The second-order valence-corrected chi connectivity index (χ2v) is 4.54. The Morgan fingerprint density at radius 3 is 2.73 bits per heavy atom. The van der Waals surface area contributed by atoms with E-state index in [2.05, 4.69) is 27.6 Å². The molecule has 1 aromatic rings. The second kappa shape index (κ2) is 3.91. The molecule has 1 aliphatic heterocycles. The predicted molar refractivity (Wildman–Crippen MR) is 65.3 cm³/mol. The lowest BCUT2D eigenvalue weighted by Crippen LogP contribution is -2.16. The quantitative estimate of drug-likeness (QED) is 0.649. The van der Waals surface area contributed by atoms with Gasteiger partial charge in [-0.15, -0.1) is 0 Å². The second-order valence-electron chi connectivity index (χ2n) is 3.28. The van der Waals surface area contributed by atoms with Crippen LogP contribution in [0.5, 0.6) is 0 Å². The van der Waals surface area contributed by atoms with Gasteiger partial charge in [0, 0.05) is 0 Å². The SMILES string of the molecule is C=c1ccc(=C2C(Br)=CN=[N+]2C)c(Cl)c1. The van der Waals surface area contributed by atoms with E-state index in [4.69, 9.17) is 11.6 Å². The number of halogens is 2. The molecule has 0 aliphatic carbocycles. The highest BCUT2D eigenvalue weighted by Crippen LogP contribution is 2.23. The molecule has 0 bridgehead atoms. The molecule has 0 N–H and O–H groups in total. The van der Waals surface area contributed by atoms with Crippen LogP contribution < -0.4 is 10.4 Å². The first-order chi connectivity index (χ1) is 7.09. The molecule has 0 radical (unpaired) electrons. The van der Waals surface area contributed by atoms with Crippen molar-refractivity contribution in [2.24, 2.45) is 5.11 Å². The highest BCUT2D eigenvalue weighted by Gasteiger charge is 2.21. The summed E-state index contributed by atoms with van der Waals surface area (Å²) in [6.07, 6.45) is 1.75. The maximum atomic E-state index is 6.16. The lowest BCUT2D eigenvalue weighted by molar-refractivity contribution is -0.464. The zero-order valence-corrected chi connectivity index (χ0v) is 10.5. The van der Waals surface area contributed by atoms with Gasteiger partial charge in [-0.2, -0.15) is 0 Å². The summed E-state index contributed by atoms with van der Waals surface area (Å²) in [6, 6.07) is 5.73. The standard InChI is InChI=1S/C11H9BrClN2/c1-7-3-4-8(10(13)5-7)11-9(12)6-14-15(11)2/h3-6H,1H2,2H3/q+1. The summed E-state index contributed by atoms with van der Waals surface area (Å²) >= 11 is 9.61. The molecule has 2 rings (SSSR count). The number of nitrogens with zero attached hydrogens (tertiary/aromatic N) is 2. The van der Waals surface area contributed by atoms with Gasteiger partial charge in [0.25, 0.3) is 5.70 Å². The van der Waals surface area contributed by atoms with Crippen LogP contribution in [0.1, 0.15) is 0 Å². The largest absolute Gasteiger partial charge is 0.256 e. The van der Waals surface area contributed by atoms with Gasteiger partial charge < -0.3 is 0 Å². The summed E-state index contributed by atoms with van der Waals surface area (Å²) in [6.45, 7) is 3.83. The summed E-state index contributed by atoms with van der Waals surface area (Å²) in [7, 11) is 1.88. The van der Waals surface area contributed by atoms with E-state index in [1.54, 1.807) is 10.9 Å². The molecule has 0 amide bonds. The molecule has 0 fully saturated rings. The van der Waals surface area contributed by atoms with Crippen LogP contribution in [0.15, 0.2) is 34.0 Å². The molecule has 1 aliphatic rings. The van der Waals surface area contributed by atoms with Crippen LogP contribution in [0.4, 0.5) is 0 Å². The Labute approximate surface area is 101 Å². The summed E-state index contributed by atoms with van der Waals surface area (Å²) < 4.78 is 2.72. The average molecular weight is 285 g/mol. The fraction of sp³-hybridized carbons (Fsp3) is 0.0909. The minimum atomic E-state index is 0.687. The molecule has 0 saturated heterocycles. The monoisotopic (exact) mass is 283 g/mol. The van der Waals surface area contributed by atoms with E-state index in [0.717, 1.165) is 20.6 Å². The molecule has 76 valence electrons. The van der Waals surface area contributed by atoms with Crippen molar-refractivity contribution in [3.05, 3.63) is 44.3 Å². The first-order valence-electron chi connectivity index (χ1n) is 4.39. The third-order valence-corrected chi connectivity index (χ3v) is 3.08. The number of likely N-dealkylation sites (N-methyl/N-ethyl adjacent to an activating group) is 1. The fourth-order valence-electron chi connectivity index (χ4n) is 1.46. The van der Waals surface area contributed by atoms with E-state index in [1.807, 2.05) is 25.2 Å². The molecule has 2 nitrogen and oxygen atoms in total. The van der Waals surface area contributed by atoms with Crippen LogP contribution in [0.25, 0.3) is 12.3 Å². The van der Waals surface area contributed by atoms with Gasteiger partial charge in [0.15, 0.2) is 7.05 Å². The summed E-state index contributed by atoms with van der Waals surface area (Å²) in [4.78, 5) is 0. The Hall–Kier alpha value is -0.930. The molecule has 0 spiro atoms. The minimum Gasteiger partial charge on any atom is -0.0917 e. The Balaban J connectivity index is 2.83. The maximum absolute atomic E-state index is 6.16. The predicted octanol–water partition coefficient (Wildman–Crippen LogP) is 2.20. The Kier molecular flexibility index (Phi) is 2.76. The number of azo groups is 2. The third-order valence-electron chi connectivity index (χ3n) is 2.18. The van der Waals surface area contributed by atoms with Crippen LogP contribution >= 0.6 is 27.5 Å². The van der Waals surface area contributed by atoms with Gasteiger partial charge in [-0.1, -0.05) is 28.9 Å². The average Bonchev–Trinajstić information content (AvgIpc) is 2.48. The van der Waals surface area contributed by atoms with E-state index in [-0.39, 0.29) is 0 Å². The van der Waals surface area contributed by atoms with Crippen molar-refractivity contribution < 1.29 is 4.70 Å². The molecule has 0 unspecified atom stereocenters. The van der Waals surface area contributed by atoms with Crippen LogP contribution in [0, 0.1) is 0 Å². The third kappa shape index (κ3) is 1.90. The summed E-state index contributed by atoms with van der Waals surface area (Å²) in [5, 5.41) is 6.70. The molecule has 0 atom stereocenters. The fourth-order valence-corrected chi connectivity index (χ4v) is 2.32. The molecule has 1 aromatic carbocycles. The van der Waals surface area contributed by atoms with Crippen molar-refractivity contribution in [3.8, 4) is 0 Å². The van der Waals surface area contributed by atoms with E-state index in [9.17, 15) is 0 Å². The first kappa shape index (κ1) is 10.6. The van der Waals surface area contributed by atoms with Gasteiger partial charge in [0.05, 0.1) is 10.2 Å². The number of benzene rings is 1. The van der Waals surface area contributed by atoms with Crippen molar-refractivity contribution in [1.82, 2.24) is 0 Å². The molecular weight excluding hydrogens is 275 g/mol. The van der Waals surface area contributed by atoms with Gasteiger partial charge in [-0.3, -0.25) is 0 Å². The number of hydrogen-bond donors (Lipinski definition) is 0. The van der Waals surface area contributed by atoms with Gasteiger partial charge in [-0.25, -0.2) is 0 Å². The van der Waals surface area contributed by atoms with Gasteiger partial charge in [0.2, 0.25) is 0 Å². The Morgan fingerprint density at radius 2 is 2.20 bits per heavy atom. The van der Waals surface area contributed by atoms with Crippen LogP contribution in [-0.4, -0.2) is 11.7 Å². The van der Waals surface area contributed by atoms with Crippen molar-refractivity contribution in [2.75, 3.05) is 7.05 Å². The highest BCUT2D eigenvalue weighted by atomic mass is 79.9. The van der Waals surface area contributed by atoms with Gasteiger partial charge >= 0.3 is 0 Å². The van der Waals surface area contributed by atoms with E-state index < -0.39 is 0 Å². The van der Waals surface area contributed by atoms with Gasteiger partial charge in [-0.05, 0) is 38.4 Å². The topological polar surface area (TPSA) is 15.4 Å². The smallest absolute Gasteiger partial charge is 0.0917 e. The van der Waals surface area contributed by atoms with E-state index in [1.165, 1.54) is 0 Å². The molecule has 1 heterocycles. The Morgan fingerprint density at radius 1 is 1.47 bits per heavy atom. The van der Waals surface area contributed by atoms with E-state index in [0.29, 0.717) is 5.02 Å². The first-order valence-corrected chi connectivity index (χ1v) is 5.56. The zero-order valence-electron chi connectivity index (χ0n) is 8.17. The molecule has 0 saturated carbocycles. The normalized spacial score (nSPS) is 18.9. The molecule has 0 aromatic heterocycles. The minimum absolute atomic E-state index is 0.687. The summed E-state index contributed by atoms with van der Waals surface area (Å²) in [5.74, 6) is 0. The highest BCUT2D eigenvalue weighted by molar-refractivity contribution is 9.12. The van der Waals surface area contributed by atoms with Crippen LogP contribution in [-0.2, 0) is 0 Å². The van der Waals surface area contributed by atoms with Crippen molar-refractivity contribution in [3.63, 3.8) is 0 Å². The van der Waals surface area contributed by atoms with Crippen molar-refractivity contribution in [2.45, 2.75) is 0 Å².